The van der Waals surface area contributed by atoms with E-state index >= 15 is 0 Å². The summed E-state index contributed by atoms with van der Waals surface area (Å²) in [6.07, 6.45) is 0. The molecule has 0 spiro atoms. The van der Waals surface area contributed by atoms with E-state index in [1.54, 1.807) is 6.07 Å². The molecule has 0 bridgehead atoms. The fourth-order valence-corrected chi connectivity index (χ4v) is 1.73. The van der Waals surface area contributed by atoms with Gasteiger partial charge in [0, 0.05) is 18.2 Å². The van der Waals surface area contributed by atoms with E-state index < -0.39 is 0 Å². The summed E-state index contributed by atoms with van der Waals surface area (Å²) in [4.78, 5) is 0. The van der Waals surface area contributed by atoms with E-state index in [0.29, 0.717) is 24.1 Å². The molecule has 0 radical (unpaired) electrons. The summed E-state index contributed by atoms with van der Waals surface area (Å²) in [6.45, 7) is 4.69. The van der Waals surface area contributed by atoms with Gasteiger partial charge in [0.25, 0.3) is 0 Å². The zero-order valence-electron chi connectivity index (χ0n) is 11.2. The number of benzene rings is 2. The van der Waals surface area contributed by atoms with Gasteiger partial charge in [-0.1, -0.05) is 44.2 Å². The summed E-state index contributed by atoms with van der Waals surface area (Å²) in [7, 11) is 0. The molecule has 0 fully saturated rings. The number of nitrogens with one attached hydrogen (secondary N) is 1. The standard InChI is InChI=1S/C16H18FNO/c1-12(2)18-11-13-7-6-10-15(17)16(13)19-14-8-4-3-5-9-14/h3-10,12,18H,11H2,1-2H3. The van der Waals surface area contributed by atoms with Gasteiger partial charge in [-0.3, -0.25) is 0 Å². The molecule has 0 atom stereocenters. The Bertz CT molecular complexity index is 526. The monoisotopic (exact) mass is 259 g/mol. The molecule has 0 aliphatic carbocycles. The molecule has 0 aliphatic heterocycles. The van der Waals surface area contributed by atoms with Crippen molar-refractivity contribution in [1.82, 2.24) is 5.32 Å². The molecule has 1 N–H and O–H groups in total. The smallest absolute Gasteiger partial charge is 0.167 e. The minimum absolute atomic E-state index is 0.293. The highest BCUT2D eigenvalue weighted by atomic mass is 19.1. The van der Waals surface area contributed by atoms with Crippen LogP contribution in [0.1, 0.15) is 19.4 Å². The molecule has 0 amide bonds. The molecule has 100 valence electrons. The number of para-hydroxylation sites is 2. The predicted octanol–water partition coefficient (Wildman–Crippen LogP) is 4.12. The lowest BCUT2D eigenvalue weighted by atomic mass is 10.2. The van der Waals surface area contributed by atoms with Crippen molar-refractivity contribution in [3.05, 3.63) is 59.9 Å². The van der Waals surface area contributed by atoms with Crippen molar-refractivity contribution in [3.63, 3.8) is 0 Å². The van der Waals surface area contributed by atoms with E-state index in [1.165, 1.54) is 6.07 Å². The third-order valence-electron chi connectivity index (χ3n) is 2.71. The fourth-order valence-electron chi connectivity index (χ4n) is 1.73. The Morgan fingerprint density at radius 2 is 1.79 bits per heavy atom. The van der Waals surface area contributed by atoms with Gasteiger partial charge in [-0.2, -0.15) is 0 Å². The maximum Gasteiger partial charge on any atom is 0.167 e. The van der Waals surface area contributed by atoms with Crippen LogP contribution in [-0.4, -0.2) is 6.04 Å². The lowest BCUT2D eigenvalue weighted by Crippen LogP contribution is -2.22. The Kier molecular flexibility index (Phi) is 4.53. The van der Waals surface area contributed by atoms with Crippen LogP contribution in [0.5, 0.6) is 11.5 Å². The Hall–Kier alpha value is -1.87. The molecule has 0 saturated heterocycles. The van der Waals surface area contributed by atoms with Gasteiger partial charge in [-0.05, 0) is 18.2 Å². The Labute approximate surface area is 113 Å². The van der Waals surface area contributed by atoms with Crippen LogP contribution in [0.3, 0.4) is 0 Å². The van der Waals surface area contributed by atoms with Crippen LogP contribution in [0.2, 0.25) is 0 Å². The van der Waals surface area contributed by atoms with Crippen LogP contribution < -0.4 is 10.1 Å². The van der Waals surface area contributed by atoms with Crippen LogP contribution in [0.15, 0.2) is 48.5 Å². The van der Waals surface area contributed by atoms with Crippen LogP contribution in [0, 0.1) is 5.82 Å². The number of ether oxygens (including phenoxy) is 1. The van der Waals surface area contributed by atoms with Crippen LogP contribution in [0.25, 0.3) is 0 Å². The topological polar surface area (TPSA) is 21.3 Å². The summed E-state index contributed by atoms with van der Waals surface area (Å²) >= 11 is 0. The molecule has 3 heteroatoms. The van der Waals surface area contributed by atoms with Gasteiger partial charge in [0.1, 0.15) is 5.75 Å². The highest BCUT2D eigenvalue weighted by Gasteiger charge is 2.11. The highest BCUT2D eigenvalue weighted by Crippen LogP contribution is 2.28. The van der Waals surface area contributed by atoms with E-state index in [-0.39, 0.29) is 5.82 Å². The second kappa shape index (κ2) is 6.34. The van der Waals surface area contributed by atoms with Gasteiger partial charge in [-0.25, -0.2) is 4.39 Å². The molecule has 2 aromatic carbocycles. The van der Waals surface area contributed by atoms with E-state index in [1.807, 2.05) is 36.4 Å². The van der Waals surface area contributed by atoms with Crippen molar-refractivity contribution in [2.75, 3.05) is 0 Å². The molecule has 0 aliphatic rings. The predicted molar refractivity (Wildman–Crippen MR) is 74.9 cm³/mol. The van der Waals surface area contributed by atoms with Gasteiger partial charge in [0.15, 0.2) is 11.6 Å². The zero-order valence-corrected chi connectivity index (χ0v) is 11.2. The normalized spacial score (nSPS) is 10.7. The average Bonchev–Trinajstić information content (AvgIpc) is 2.40. The quantitative estimate of drug-likeness (QED) is 0.872. The molecular weight excluding hydrogens is 241 g/mol. The van der Waals surface area contributed by atoms with E-state index in [0.717, 1.165) is 5.56 Å². The van der Waals surface area contributed by atoms with Crippen molar-refractivity contribution < 1.29 is 9.13 Å². The number of hydrogen-bond acceptors (Lipinski definition) is 2. The molecule has 2 aromatic rings. The molecule has 0 heterocycles. The molecule has 19 heavy (non-hydrogen) atoms. The van der Waals surface area contributed by atoms with Gasteiger partial charge in [0.05, 0.1) is 0 Å². The molecule has 0 saturated carbocycles. The summed E-state index contributed by atoms with van der Waals surface area (Å²) in [5.41, 5.74) is 0.817. The van der Waals surface area contributed by atoms with E-state index in [4.69, 9.17) is 4.74 Å². The van der Waals surface area contributed by atoms with Crippen molar-refractivity contribution in [1.29, 1.82) is 0 Å². The fraction of sp³-hybridized carbons (Fsp3) is 0.250. The summed E-state index contributed by atoms with van der Waals surface area (Å²) < 4.78 is 19.6. The third kappa shape index (κ3) is 3.80. The molecule has 2 rings (SSSR count). The first-order valence-electron chi connectivity index (χ1n) is 6.40. The van der Waals surface area contributed by atoms with Crippen molar-refractivity contribution >= 4 is 0 Å². The van der Waals surface area contributed by atoms with Crippen molar-refractivity contribution in [2.24, 2.45) is 0 Å². The molecular formula is C16H18FNO. The number of hydrogen-bond donors (Lipinski definition) is 1. The largest absolute Gasteiger partial charge is 0.454 e. The second-order valence-electron chi connectivity index (χ2n) is 4.68. The van der Waals surface area contributed by atoms with Crippen molar-refractivity contribution in [2.45, 2.75) is 26.4 Å². The summed E-state index contributed by atoms with van der Waals surface area (Å²) in [5.74, 6) is 0.590. The summed E-state index contributed by atoms with van der Waals surface area (Å²) in [6, 6.07) is 14.6. The second-order valence-corrected chi connectivity index (χ2v) is 4.68. The lowest BCUT2D eigenvalue weighted by molar-refractivity contribution is 0.431. The van der Waals surface area contributed by atoms with E-state index in [2.05, 4.69) is 19.2 Å². The molecule has 0 unspecified atom stereocenters. The van der Waals surface area contributed by atoms with Gasteiger partial charge < -0.3 is 10.1 Å². The Balaban J connectivity index is 2.22. The van der Waals surface area contributed by atoms with Crippen molar-refractivity contribution in [3.8, 4) is 11.5 Å². The summed E-state index contributed by atoms with van der Waals surface area (Å²) in [5, 5.41) is 3.27. The SMILES string of the molecule is CC(C)NCc1cccc(F)c1Oc1ccccc1. The Morgan fingerprint density at radius 3 is 2.47 bits per heavy atom. The average molecular weight is 259 g/mol. The first kappa shape index (κ1) is 13.6. The number of halogens is 1. The highest BCUT2D eigenvalue weighted by molar-refractivity contribution is 5.39. The maximum absolute atomic E-state index is 13.9. The first-order chi connectivity index (χ1) is 9.16. The molecule has 0 aromatic heterocycles. The lowest BCUT2D eigenvalue weighted by Gasteiger charge is -2.14. The third-order valence-corrected chi connectivity index (χ3v) is 2.71. The minimum atomic E-state index is -0.341. The zero-order chi connectivity index (χ0) is 13.7. The van der Waals surface area contributed by atoms with E-state index in [9.17, 15) is 4.39 Å². The Morgan fingerprint density at radius 1 is 1.05 bits per heavy atom. The van der Waals surface area contributed by atoms with Gasteiger partial charge in [-0.15, -0.1) is 0 Å². The van der Waals surface area contributed by atoms with Crippen LogP contribution >= 0.6 is 0 Å². The molecule has 2 nitrogen and oxygen atoms in total. The number of rotatable bonds is 5. The first-order valence-corrected chi connectivity index (χ1v) is 6.40. The minimum Gasteiger partial charge on any atom is -0.454 e. The maximum atomic E-state index is 13.9. The van der Waals surface area contributed by atoms with Gasteiger partial charge >= 0.3 is 0 Å². The van der Waals surface area contributed by atoms with Crippen LogP contribution in [-0.2, 0) is 6.54 Å². The van der Waals surface area contributed by atoms with Gasteiger partial charge in [0.2, 0.25) is 0 Å². The van der Waals surface area contributed by atoms with Crippen LogP contribution in [0.4, 0.5) is 4.39 Å².